The molecule has 0 amide bonds. The van der Waals surface area contributed by atoms with Crippen LogP contribution in [0.15, 0.2) is 22.8 Å². The molecule has 1 aliphatic heterocycles. The van der Waals surface area contributed by atoms with Crippen molar-refractivity contribution in [2.24, 2.45) is 12.0 Å². The average molecular weight is 503 g/mol. The molecule has 2 aromatic heterocycles. The number of aromatic nitrogens is 3. The van der Waals surface area contributed by atoms with Gasteiger partial charge < -0.3 is 15.1 Å². The quantitative estimate of drug-likeness (QED) is 0.358. The van der Waals surface area contributed by atoms with Crippen molar-refractivity contribution in [3.8, 4) is 0 Å². The lowest BCUT2D eigenvalue weighted by molar-refractivity contribution is 0.476. The zero-order valence-corrected chi connectivity index (χ0v) is 19.5. The predicted molar refractivity (Wildman–Crippen MR) is 123 cm³/mol. The standard InChI is InChI=1S/C18H29N7S.HI/c1-4-19-17(23(2)12-15-11-21-24(3)13-15)20-8-7-16-14-26-18(22-16)25-9-5-6-10-25;/h11,13-14H,4-10,12H2,1-3H3,(H,19,20);1H. The molecule has 0 unspecified atom stereocenters. The molecule has 0 aliphatic carbocycles. The molecular weight excluding hydrogens is 473 g/mol. The highest BCUT2D eigenvalue weighted by atomic mass is 127. The van der Waals surface area contributed by atoms with Crippen molar-refractivity contribution >= 4 is 46.4 Å². The van der Waals surface area contributed by atoms with Gasteiger partial charge in [0.15, 0.2) is 11.1 Å². The van der Waals surface area contributed by atoms with Gasteiger partial charge in [-0.15, -0.1) is 35.3 Å². The highest BCUT2D eigenvalue weighted by molar-refractivity contribution is 14.0. The van der Waals surface area contributed by atoms with E-state index in [-0.39, 0.29) is 24.0 Å². The Kier molecular flexibility index (Phi) is 8.81. The number of nitrogens with one attached hydrogen (secondary N) is 1. The number of thiazole rings is 1. The van der Waals surface area contributed by atoms with Gasteiger partial charge in [-0.3, -0.25) is 9.67 Å². The summed E-state index contributed by atoms with van der Waals surface area (Å²) in [6, 6.07) is 0. The van der Waals surface area contributed by atoms with Crippen LogP contribution in [0.1, 0.15) is 31.0 Å². The van der Waals surface area contributed by atoms with Crippen LogP contribution in [-0.2, 0) is 20.0 Å². The van der Waals surface area contributed by atoms with Crippen molar-refractivity contribution in [3.63, 3.8) is 0 Å². The number of hydrogen-bond donors (Lipinski definition) is 1. The van der Waals surface area contributed by atoms with E-state index in [0.29, 0.717) is 0 Å². The number of nitrogens with zero attached hydrogens (tertiary/aromatic N) is 6. The van der Waals surface area contributed by atoms with Gasteiger partial charge >= 0.3 is 0 Å². The van der Waals surface area contributed by atoms with Crippen LogP contribution in [0.4, 0.5) is 5.13 Å². The molecule has 1 N–H and O–H groups in total. The maximum Gasteiger partial charge on any atom is 0.193 e. The zero-order valence-electron chi connectivity index (χ0n) is 16.4. The fraction of sp³-hybridized carbons (Fsp3) is 0.611. The lowest BCUT2D eigenvalue weighted by atomic mass is 10.3. The molecule has 7 nitrogen and oxygen atoms in total. The Morgan fingerprint density at radius 2 is 2.15 bits per heavy atom. The van der Waals surface area contributed by atoms with Crippen LogP contribution in [0.2, 0.25) is 0 Å². The molecule has 1 saturated heterocycles. The molecule has 0 radical (unpaired) electrons. The third-order valence-electron chi connectivity index (χ3n) is 4.42. The molecule has 0 bridgehead atoms. The van der Waals surface area contributed by atoms with Gasteiger partial charge in [-0.25, -0.2) is 4.98 Å². The third-order valence-corrected chi connectivity index (χ3v) is 5.37. The second-order valence-corrected chi connectivity index (χ2v) is 7.52. The zero-order chi connectivity index (χ0) is 18.4. The maximum atomic E-state index is 4.78. The van der Waals surface area contributed by atoms with Crippen molar-refractivity contribution < 1.29 is 0 Å². The van der Waals surface area contributed by atoms with Gasteiger partial charge in [0.05, 0.1) is 11.9 Å². The Hall–Kier alpha value is -1.36. The van der Waals surface area contributed by atoms with E-state index in [1.807, 2.05) is 24.1 Å². The first-order valence-electron chi connectivity index (χ1n) is 9.32. The smallest absolute Gasteiger partial charge is 0.193 e. The van der Waals surface area contributed by atoms with Gasteiger partial charge in [0.2, 0.25) is 0 Å². The number of aryl methyl sites for hydroxylation is 1. The largest absolute Gasteiger partial charge is 0.357 e. The number of halogens is 1. The van der Waals surface area contributed by atoms with Crippen LogP contribution in [0.5, 0.6) is 0 Å². The Morgan fingerprint density at radius 3 is 2.81 bits per heavy atom. The highest BCUT2D eigenvalue weighted by Gasteiger charge is 2.15. The van der Waals surface area contributed by atoms with Crippen molar-refractivity contribution in [1.29, 1.82) is 0 Å². The van der Waals surface area contributed by atoms with Gasteiger partial charge in [-0.1, -0.05) is 0 Å². The van der Waals surface area contributed by atoms with Crippen molar-refractivity contribution in [3.05, 3.63) is 29.0 Å². The van der Waals surface area contributed by atoms with Crippen molar-refractivity contribution in [1.82, 2.24) is 25.0 Å². The van der Waals surface area contributed by atoms with E-state index in [0.717, 1.165) is 50.8 Å². The van der Waals surface area contributed by atoms with E-state index in [1.165, 1.54) is 23.5 Å². The maximum absolute atomic E-state index is 4.78. The van der Waals surface area contributed by atoms with Gasteiger partial charge in [-0.2, -0.15) is 5.10 Å². The minimum atomic E-state index is 0. The molecule has 0 atom stereocenters. The number of anilines is 1. The van der Waals surface area contributed by atoms with Crippen LogP contribution >= 0.6 is 35.3 Å². The molecule has 3 rings (SSSR count). The van der Waals surface area contributed by atoms with Crippen molar-refractivity contribution in [2.45, 2.75) is 32.7 Å². The lowest BCUT2D eigenvalue weighted by Crippen LogP contribution is -2.38. The highest BCUT2D eigenvalue weighted by Crippen LogP contribution is 2.24. The summed E-state index contributed by atoms with van der Waals surface area (Å²) in [5.74, 6) is 0.923. The molecule has 27 heavy (non-hydrogen) atoms. The van der Waals surface area contributed by atoms with Gasteiger partial charge in [0.1, 0.15) is 0 Å². The predicted octanol–water partition coefficient (Wildman–Crippen LogP) is 2.73. The van der Waals surface area contributed by atoms with E-state index in [1.54, 1.807) is 11.3 Å². The molecule has 9 heteroatoms. The lowest BCUT2D eigenvalue weighted by Gasteiger charge is -2.21. The first-order valence-corrected chi connectivity index (χ1v) is 10.2. The summed E-state index contributed by atoms with van der Waals surface area (Å²) in [5, 5.41) is 10.9. The van der Waals surface area contributed by atoms with E-state index in [9.17, 15) is 0 Å². The molecular formula is C18H30IN7S. The first-order chi connectivity index (χ1) is 12.7. The average Bonchev–Trinajstić information content (AvgIpc) is 3.35. The van der Waals surface area contributed by atoms with E-state index in [2.05, 4.69) is 39.6 Å². The fourth-order valence-electron chi connectivity index (χ4n) is 3.11. The Morgan fingerprint density at radius 1 is 1.37 bits per heavy atom. The van der Waals surface area contributed by atoms with Gasteiger partial charge in [0, 0.05) is 70.4 Å². The number of hydrogen-bond acceptors (Lipinski definition) is 5. The second-order valence-electron chi connectivity index (χ2n) is 6.68. The molecule has 1 fully saturated rings. The minimum Gasteiger partial charge on any atom is -0.357 e. The topological polar surface area (TPSA) is 61.6 Å². The number of guanidine groups is 1. The summed E-state index contributed by atoms with van der Waals surface area (Å²) in [6.45, 7) is 6.77. The Labute approximate surface area is 182 Å². The summed E-state index contributed by atoms with van der Waals surface area (Å²) < 4.78 is 1.83. The molecule has 0 aromatic carbocycles. The van der Waals surface area contributed by atoms with E-state index >= 15 is 0 Å². The third kappa shape index (κ3) is 6.34. The summed E-state index contributed by atoms with van der Waals surface area (Å²) in [7, 11) is 4.00. The fourth-order valence-corrected chi connectivity index (χ4v) is 4.03. The normalized spacial score (nSPS) is 14.3. The molecule has 0 saturated carbocycles. The van der Waals surface area contributed by atoms with E-state index < -0.39 is 0 Å². The van der Waals surface area contributed by atoms with Crippen LogP contribution in [0.3, 0.4) is 0 Å². The molecule has 2 aromatic rings. The summed E-state index contributed by atoms with van der Waals surface area (Å²) in [4.78, 5) is 14.1. The monoisotopic (exact) mass is 503 g/mol. The van der Waals surface area contributed by atoms with Crippen LogP contribution in [-0.4, -0.2) is 58.9 Å². The van der Waals surface area contributed by atoms with Crippen LogP contribution < -0.4 is 10.2 Å². The van der Waals surface area contributed by atoms with E-state index in [4.69, 9.17) is 9.98 Å². The molecule has 0 spiro atoms. The van der Waals surface area contributed by atoms with Crippen LogP contribution in [0, 0.1) is 0 Å². The second kappa shape index (κ2) is 10.8. The van der Waals surface area contributed by atoms with Gasteiger partial charge in [0.25, 0.3) is 0 Å². The number of rotatable bonds is 7. The van der Waals surface area contributed by atoms with Crippen LogP contribution in [0.25, 0.3) is 0 Å². The Bertz CT molecular complexity index is 721. The summed E-state index contributed by atoms with van der Waals surface area (Å²) >= 11 is 1.76. The first kappa shape index (κ1) is 21.9. The summed E-state index contributed by atoms with van der Waals surface area (Å²) in [6.07, 6.45) is 7.38. The SMILES string of the molecule is CCNC(=NCCc1csc(N2CCCC2)n1)N(C)Cc1cnn(C)c1.I. The van der Waals surface area contributed by atoms with Gasteiger partial charge in [-0.05, 0) is 19.8 Å². The molecule has 150 valence electrons. The minimum absolute atomic E-state index is 0. The number of aliphatic imine (C=N–C) groups is 1. The molecule has 3 heterocycles. The molecule has 1 aliphatic rings. The Balaban J connectivity index is 0.00000261. The van der Waals surface area contributed by atoms with Crippen molar-refractivity contribution in [2.75, 3.05) is 38.1 Å². The summed E-state index contributed by atoms with van der Waals surface area (Å²) in [5.41, 5.74) is 2.32.